The minimum Gasteiger partial charge on any atom is -0.507 e. The van der Waals surface area contributed by atoms with Crippen molar-refractivity contribution in [3.05, 3.63) is 98.3 Å². The monoisotopic (exact) mass is 973 g/mol. The van der Waals surface area contributed by atoms with Crippen LogP contribution in [0.4, 0.5) is 0 Å². The van der Waals surface area contributed by atoms with Crippen molar-refractivity contribution in [3.8, 4) is 34.3 Å². The summed E-state index contributed by atoms with van der Waals surface area (Å²) in [6, 6.07) is 6.94. The first-order valence-electron chi connectivity index (χ1n) is 25.2. The van der Waals surface area contributed by atoms with E-state index in [-0.39, 0.29) is 46.0 Å². The third kappa shape index (κ3) is 9.65. The van der Waals surface area contributed by atoms with Crippen molar-refractivity contribution in [2.24, 2.45) is 32.5 Å². The lowest BCUT2D eigenvalue weighted by atomic mass is 9.64. The molecule has 1 aromatic heterocycles. The second-order valence-corrected chi connectivity index (χ2v) is 27.6. The summed E-state index contributed by atoms with van der Waals surface area (Å²) in [5.41, 5.74) is -3.79. The normalized spacial score (nSPS) is 20.3. The molecule has 1 N–H and O–H groups in total. The van der Waals surface area contributed by atoms with Gasteiger partial charge in [0, 0.05) is 57.2 Å². The molecule has 1 atom stereocenters. The van der Waals surface area contributed by atoms with Crippen LogP contribution >= 0.6 is 0 Å². The fraction of sp³-hybridized carbons (Fsp3) is 0.557. The van der Waals surface area contributed by atoms with Crippen LogP contribution in [0.2, 0.25) is 0 Å². The first-order valence-corrected chi connectivity index (χ1v) is 25.2. The van der Waals surface area contributed by atoms with E-state index in [1.807, 2.05) is 159 Å². The molecule has 384 valence electrons. The molecule has 0 bridgehead atoms. The average Bonchev–Trinajstić information content (AvgIpc) is 3.35. The van der Waals surface area contributed by atoms with Crippen LogP contribution in [-0.2, 0) is 25.8 Å². The number of Topliss-reactive ketones (excluding diaryl/α,β-unsaturated/α-hetero) is 2. The Bertz CT molecular complexity index is 2870. The Balaban J connectivity index is 1.44. The second kappa shape index (κ2) is 16.7. The van der Waals surface area contributed by atoms with Crippen molar-refractivity contribution in [3.63, 3.8) is 0 Å². The zero-order valence-corrected chi connectivity index (χ0v) is 46.7. The van der Waals surface area contributed by atoms with Crippen molar-refractivity contribution in [2.45, 2.75) is 187 Å². The molecular formula is C61H80O10. The molecule has 0 radical (unpaired) electrons. The SMILES string of the molecule is CC1(C)C=Cc2c(cc(O)c3c(=O)c4c(oc23)-c2ccc(OC3(C(C)(C)C)C=C(C(C)(C)C)C(=O)C(C(C)(C)C)=C3)cc2OC(C(C)(C)OOC2(C(C)(C)C)C=C(C(C)(C)C)C(=O)C(C(C)(C)C)=C2)C4)O1. The van der Waals surface area contributed by atoms with Gasteiger partial charge in [0.15, 0.2) is 28.2 Å². The van der Waals surface area contributed by atoms with Gasteiger partial charge in [0.1, 0.15) is 57.1 Å². The number of phenolic OH excluding ortho intramolecular Hbond substituents is 1. The largest absolute Gasteiger partial charge is 0.507 e. The Morgan fingerprint density at radius 1 is 0.634 bits per heavy atom. The molecule has 2 aliphatic carbocycles. The van der Waals surface area contributed by atoms with Gasteiger partial charge >= 0.3 is 0 Å². The van der Waals surface area contributed by atoms with Crippen LogP contribution in [0.25, 0.3) is 28.4 Å². The van der Waals surface area contributed by atoms with E-state index in [1.165, 1.54) is 6.07 Å². The van der Waals surface area contributed by atoms with Crippen LogP contribution in [0.15, 0.2) is 86.1 Å². The van der Waals surface area contributed by atoms with Crippen molar-refractivity contribution >= 4 is 28.6 Å². The highest BCUT2D eigenvalue weighted by Crippen LogP contribution is 2.52. The molecule has 1 unspecified atom stereocenters. The highest BCUT2D eigenvalue weighted by atomic mass is 17.2. The number of fused-ring (bicyclic) bond motifs is 6. The minimum atomic E-state index is -1.30. The highest BCUT2D eigenvalue weighted by molar-refractivity contribution is 6.12. The number of ether oxygens (including phenoxy) is 3. The van der Waals surface area contributed by atoms with Gasteiger partial charge in [0.25, 0.3) is 0 Å². The Morgan fingerprint density at radius 3 is 1.58 bits per heavy atom. The maximum atomic E-state index is 15.1. The number of rotatable bonds is 6. The molecule has 0 spiro atoms. The number of hydrogen-bond acceptors (Lipinski definition) is 10. The lowest BCUT2D eigenvalue weighted by Gasteiger charge is -2.46. The summed E-state index contributed by atoms with van der Waals surface area (Å²) in [6.45, 7) is 44.4. The number of ketones is 2. The van der Waals surface area contributed by atoms with E-state index in [2.05, 4.69) is 41.5 Å². The molecule has 2 aromatic carbocycles. The van der Waals surface area contributed by atoms with E-state index >= 15 is 4.79 Å². The quantitative estimate of drug-likeness (QED) is 0.188. The minimum absolute atomic E-state index is 0.00484. The summed E-state index contributed by atoms with van der Waals surface area (Å²) in [7, 11) is 0. The Morgan fingerprint density at radius 2 is 1.11 bits per heavy atom. The molecule has 0 saturated heterocycles. The Hall–Kier alpha value is -5.19. The molecule has 3 heterocycles. The van der Waals surface area contributed by atoms with Gasteiger partial charge in [-0.2, -0.15) is 0 Å². The van der Waals surface area contributed by atoms with E-state index in [0.29, 0.717) is 50.7 Å². The van der Waals surface area contributed by atoms with E-state index < -0.39 is 66.4 Å². The third-order valence-corrected chi connectivity index (χ3v) is 14.6. The van der Waals surface area contributed by atoms with Crippen LogP contribution < -0.4 is 19.6 Å². The predicted octanol–water partition coefficient (Wildman–Crippen LogP) is 14.4. The lowest BCUT2D eigenvalue weighted by Crippen LogP contribution is -2.51. The zero-order valence-electron chi connectivity index (χ0n) is 46.7. The van der Waals surface area contributed by atoms with E-state index in [9.17, 15) is 14.7 Å². The van der Waals surface area contributed by atoms with E-state index in [0.717, 1.165) is 0 Å². The highest BCUT2D eigenvalue weighted by Gasteiger charge is 2.52. The number of carbonyl (C=O) groups excluding carboxylic acids is 2. The lowest BCUT2D eigenvalue weighted by molar-refractivity contribution is -0.412. The molecule has 71 heavy (non-hydrogen) atoms. The van der Waals surface area contributed by atoms with Gasteiger partial charge in [-0.25, -0.2) is 9.78 Å². The van der Waals surface area contributed by atoms with Crippen LogP contribution in [0, 0.1) is 32.5 Å². The first-order chi connectivity index (χ1) is 32.0. The zero-order chi connectivity index (χ0) is 53.4. The summed E-state index contributed by atoms with van der Waals surface area (Å²) in [5.74, 6) is 1.17. The van der Waals surface area contributed by atoms with Crippen LogP contribution in [0.5, 0.6) is 23.0 Å². The molecular weight excluding hydrogens is 893 g/mol. The summed E-state index contributed by atoms with van der Waals surface area (Å²) in [6.07, 6.45) is 10.6. The van der Waals surface area contributed by atoms with Crippen molar-refractivity contribution < 1.29 is 43.1 Å². The number of allylic oxidation sites excluding steroid dienone is 4. The fourth-order valence-electron chi connectivity index (χ4n) is 9.64. The van der Waals surface area contributed by atoms with Crippen LogP contribution in [-0.4, -0.2) is 45.2 Å². The first kappa shape index (κ1) is 53.6. The van der Waals surface area contributed by atoms with Crippen molar-refractivity contribution in [1.29, 1.82) is 0 Å². The Kier molecular flexibility index (Phi) is 12.6. The predicted molar refractivity (Wildman–Crippen MR) is 283 cm³/mol. The van der Waals surface area contributed by atoms with Gasteiger partial charge in [0.2, 0.25) is 0 Å². The van der Waals surface area contributed by atoms with E-state index in [1.54, 1.807) is 6.07 Å². The third-order valence-electron chi connectivity index (χ3n) is 14.6. The van der Waals surface area contributed by atoms with Gasteiger partial charge in [-0.1, -0.05) is 125 Å². The summed E-state index contributed by atoms with van der Waals surface area (Å²) in [5, 5.41) is 11.6. The van der Waals surface area contributed by atoms with E-state index in [4.69, 9.17) is 28.4 Å². The maximum absolute atomic E-state index is 15.1. The summed E-state index contributed by atoms with van der Waals surface area (Å²) >= 11 is 0. The molecule has 0 amide bonds. The molecule has 0 saturated carbocycles. The van der Waals surface area contributed by atoms with Gasteiger partial charge in [-0.05, 0) is 97.9 Å². The molecule has 4 aliphatic rings. The van der Waals surface area contributed by atoms with Crippen LogP contribution in [0.3, 0.4) is 0 Å². The van der Waals surface area contributed by atoms with Gasteiger partial charge in [-0.3, -0.25) is 14.4 Å². The number of carbonyl (C=O) groups is 2. The van der Waals surface area contributed by atoms with Crippen molar-refractivity contribution in [1.82, 2.24) is 0 Å². The second-order valence-electron chi connectivity index (χ2n) is 27.6. The van der Waals surface area contributed by atoms with Gasteiger partial charge < -0.3 is 23.7 Å². The van der Waals surface area contributed by atoms with Crippen molar-refractivity contribution in [2.75, 3.05) is 0 Å². The molecule has 2 aliphatic heterocycles. The molecule has 10 heteroatoms. The standard InChI is InChI=1S/C61H80O10/c1-52(2,3)38-30-60(56(13,14)15,31-39(48(38)64)53(4,5)6)68-34-23-24-35-43(27-34)66-45(28-37-47(63)46-42(62)29-44-36(51(46)67-50(35)37)25-26-58(19,20)69-44)59(21,22)70-71-61(57(16,17)18)32-40(54(7,8)9)49(65)41(33-61)55(10,11)12/h23-27,29-33,45,62H,28H2,1-22H3. The molecule has 0 fully saturated rings. The average molecular weight is 973 g/mol. The summed E-state index contributed by atoms with van der Waals surface area (Å²) in [4.78, 5) is 57.2. The molecule has 7 rings (SSSR count). The number of aromatic hydroxyl groups is 1. The smallest absolute Gasteiger partial charge is 0.200 e. The maximum Gasteiger partial charge on any atom is 0.200 e. The molecule has 10 nitrogen and oxygen atoms in total. The Labute approximate surface area is 422 Å². The number of benzene rings is 2. The van der Waals surface area contributed by atoms with Crippen LogP contribution in [0.1, 0.15) is 163 Å². The fourth-order valence-corrected chi connectivity index (χ4v) is 9.64. The summed E-state index contributed by atoms with van der Waals surface area (Å²) < 4.78 is 27.5. The number of hydrogen-bond donors (Lipinski definition) is 1. The molecule has 3 aromatic rings. The number of phenols is 1. The topological polar surface area (TPSA) is 131 Å². The van der Waals surface area contributed by atoms with Gasteiger partial charge in [-0.15, -0.1) is 0 Å². The van der Waals surface area contributed by atoms with Gasteiger partial charge in [0.05, 0.1) is 11.1 Å².